The van der Waals surface area contributed by atoms with E-state index in [-0.39, 0.29) is 26.4 Å². The van der Waals surface area contributed by atoms with Crippen molar-refractivity contribution in [1.82, 2.24) is 4.98 Å². The Balaban J connectivity index is 1.58. The minimum Gasteiger partial charge on any atom is -0.377 e. The standard InChI is InChI=1S/C35H34F6N2O4/c1-43(2)26-18-28(34(36,37)38)42-30(29(26)35(39,40)41)32-33(46-21-25-16-10-5-11-17-25)31(45-20-24-14-8-4-9-15-24)27(47-32)22-44-19-23-12-6-3-7-13-23/h3-18,27,31-33H,19-22H2,1-2H3/t27-,31-,32+,33-/m1/s1. The second-order valence-electron chi connectivity index (χ2n) is 11.3. The SMILES string of the molecule is CN(C)c1cc(C(F)(F)F)nc([C@@H]2O[C@H](COCc3ccccc3)[C@@H](OCc3ccccc3)[C@H]2OCc2ccccc2)c1C(F)(F)F. The van der Waals surface area contributed by atoms with Gasteiger partial charge in [-0.15, -0.1) is 0 Å². The first-order valence-corrected chi connectivity index (χ1v) is 14.9. The smallest absolute Gasteiger partial charge is 0.377 e. The number of hydrogen-bond acceptors (Lipinski definition) is 6. The molecule has 1 aromatic heterocycles. The number of rotatable bonds is 12. The number of anilines is 1. The van der Waals surface area contributed by atoms with Crippen molar-refractivity contribution in [1.29, 1.82) is 0 Å². The van der Waals surface area contributed by atoms with Crippen molar-refractivity contribution >= 4 is 5.69 Å². The van der Waals surface area contributed by atoms with E-state index in [1.165, 1.54) is 14.1 Å². The van der Waals surface area contributed by atoms with Gasteiger partial charge in [0, 0.05) is 14.1 Å². The van der Waals surface area contributed by atoms with Gasteiger partial charge in [-0.05, 0) is 22.8 Å². The van der Waals surface area contributed by atoms with Crippen LogP contribution >= 0.6 is 0 Å². The maximum atomic E-state index is 14.8. The van der Waals surface area contributed by atoms with Crippen LogP contribution in [0.5, 0.6) is 0 Å². The zero-order chi connectivity index (χ0) is 33.6. The fourth-order valence-electron chi connectivity index (χ4n) is 5.41. The highest BCUT2D eigenvalue weighted by Gasteiger charge is 2.52. The van der Waals surface area contributed by atoms with Crippen molar-refractivity contribution < 1.29 is 45.3 Å². The zero-order valence-electron chi connectivity index (χ0n) is 25.7. The van der Waals surface area contributed by atoms with Crippen LogP contribution in [0.3, 0.4) is 0 Å². The maximum absolute atomic E-state index is 14.8. The molecule has 12 heteroatoms. The Morgan fingerprint density at radius 2 is 1.17 bits per heavy atom. The van der Waals surface area contributed by atoms with Crippen molar-refractivity contribution in [3.8, 4) is 0 Å². The number of nitrogens with zero attached hydrogens (tertiary/aromatic N) is 2. The summed E-state index contributed by atoms with van der Waals surface area (Å²) in [6.45, 7) is -0.0222. The van der Waals surface area contributed by atoms with E-state index in [0.717, 1.165) is 16.0 Å². The number of ether oxygens (including phenoxy) is 4. The molecule has 0 N–H and O–H groups in total. The lowest BCUT2D eigenvalue weighted by Gasteiger charge is -2.28. The molecule has 250 valence electrons. The molecule has 1 fully saturated rings. The molecule has 47 heavy (non-hydrogen) atoms. The Labute approximate surface area is 268 Å². The maximum Gasteiger partial charge on any atom is 0.433 e. The summed E-state index contributed by atoms with van der Waals surface area (Å²) in [5, 5.41) is 0. The van der Waals surface area contributed by atoms with Crippen molar-refractivity contribution in [2.24, 2.45) is 0 Å². The summed E-state index contributed by atoms with van der Waals surface area (Å²) in [6.07, 6.45) is -15.2. The fourth-order valence-corrected chi connectivity index (χ4v) is 5.41. The Morgan fingerprint density at radius 3 is 1.64 bits per heavy atom. The number of hydrogen-bond donors (Lipinski definition) is 0. The summed E-state index contributed by atoms with van der Waals surface area (Å²) in [7, 11) is 2.47. The second-order valence-corrected chi connectivity index (χ2v) is 11.3. The number of alkyl halides is 6. The molecule has 1 saturated heterocycles. The molecule has 1 aliphatic heterocycles. The first-order chi connectivity index (χ1) is 22.4. The van der Waals surface area contributed by atoms with Gasteiger partial charge in [0.15, 0.2) is 0 Å². The van der Waals surface area contributed by atoms with Gasteiger partial charge in [-0.2, -0.15) is 26.3 Å². The molecule has 0 radical (unpaired) electrons. The molecule has 0 unspecified atom stereocenters. The summed E-state index contributed by atoms with van der Waals surface area (Å²) < 4.78 is 111. The van der Waals surface area contributed by atoms with E-state index in [1.807, 2.05) is 48.5 Å². The van der Waals surface area contributed by atoms with Gasteiger partial charge in [-0.1, -0.05) is 91.0 Å². The van der Waals surface area contributed by atoms with Crippen LogP contribution in [-0.2, 0) is 51.1 Å². The molecule has 0 bridgehead atoms. The quantitative estimate of drug-likeness (QED) is 0.144. The molecule has 5 rings (SSSR count). The van der Waals surface area contributed by atoms with Crippen LogP contribution in [0.15, 0.2) is 97.1 Å². The van der Waals surface area contributed by atoms with Crippen molar-refractivity contribution in [3.05, 3.63) is 131 Å². The summed E-state index contributed by atoms with van der Waals surface area (Å²) in [5.74, 6) is 0. The minimum atomic E-state index is -5.08. The average Bonchev–Trinajstić information content (AvgIpc) is 3.39. The Kier molecular flexibility index (Phi) is 10.9. The van der Waals surface area contributed by atoms with E-state index in [9.17, 15) is 26.3 Å². The zero-order valence-corrected chi connectivity index (χ0v) is 25.7. The second kappa shape index (κ2) is 14.8. The molecule has 4 aromatic rings. The molecule has 0 aliphatic carbocycles. The summed E-state index contributed by atoms with van der Waals surface area (Å²) in [5.41, 5.74) is -2.17. The molecule has 1 aliphatic rings. The summed E-state index contributed by atoms with van der Waals surface area (Å²) >= 11 is 0. The molecular formula is C35H34F6N2O4. The Morgan fingerprint density at radius 1 is 0.681 bits per heavy atom. The van der Waals surface area contributed by atoms with Crippen molar-refractivity contribution in [2.45, 2.75) is 56.6 Å². The third kappa shape index (κ3) is 8.69. The van der Waals surface area contributed by atoms with Gasteiger partial charge < -0.3 is 23.8 Å². The highest BCUT2D eigenvalue weighted by atomic mass is 19.4. The molecule has 6 nitrogen and oxygen atoms in total. The molecule has 4 atom stereocenters. The normalized spacial score (nSPS) is 20.0. The van der Waals surface area contributed by atoms with Gasteiger partial charge in [0.2, 0.25) is 0 Å². The first-order valence-electron chi connectivity index (χ1n) is 14.9. The van der Waals surface area contributed by atoms with Gasteiger partial charge in [0.1, 0.15) is 35.7 Å². The van der Waals surface area contributed by atoms with Crippen LogP contribution in [0.1, 0.15) is 39.7 Å². The minimum absolute atomic E-state index is 0.0348. The van der Waals surface area contributed by atoms with Crippen LogP contribution in [0.25, 0.3) is 0 Å². The molecular weight excluding hydrogens is 626 g/mol. The predicted octanol–water partition coefficient (Wildman–Crippen LogP) is 8.01. The first kappa shape index (κ1) is 34.4. The summed E-state index contributed by atoms with van der Waals surface area (Å²) in [6, 6.07) is 27.5. The lowest BCUT2D eigenvalue weighted by atomic mass is 9.98. The van der Waals surface area contributed by atoms with E-state index in [4.69, 9.17) is 18.9 Å². The Hall–Kier alpha value is -3.97. The number of benzene rings is 3. The van der Waals surface area contributed by atoms with Gasteiger partial charge in [-0.25, -0.2) is 4.98 Å². The van der Waals surface area contributed by atoms with E-state index in [2.05, 4.69) is 4.98 Å². The molecule has 2 heterocycles. The van der Waals surface area contributed by atoms with Crippen molar-refractivity contribution in [3.63, 3.8) is 0 Å². The summed E-state index contributed by atoms with van der Waals surface area (Å²) in [4.78, 5) is 4.56. The highest BCUT2D eigenvalue weighted by molar-refractivity contribution is 5.58. The van der Waals surface area contributed by atoms with Gasteiger partial charge in [0.05, 0.1) is 37.8 Å². The largest absolute Gasteiger partial charge is 0.433 e. The third-order valence-corrected chi connectivity index (χ3v) is 7.63. The van der Waals surface area contributed by atoms with Crippen LogP contribution in [-0.4, -0.2) is 44.0 Å². The van der Waals surface area contributed by atoms with E-state index in [0.29, 0.717) is 11.6 Å². The third-order valence-electron chi connectivity index (χ3n) is 7.63. The van der Waals surface area contributed by atoms with Crippen LogP contribution in [0, 0.1) is 0 Å². The number of aromatic nitrogens is 1. The van der Waals surface area contributed by atoms with Gasteiger partial charge >= 0.3 is 12.4 Å². The average molecular weight is 661 g/mol. The van der Waals surface area contributed by atoms with Crippen molar-refractivity contribution in [2.75, 3.05) is 25.6 Å². The van der Waals surface area contributed by atoms with E-state index >= 15 is 0 Å². The molecule has 3 aromatic carbocycles. The molecule has 0 amide bonds. The predicted molar refractivity (Wildman–Crippen MR) is 162 cm³/mol. The van der Waals surface area contributed by atoms with Gasteiger partial charge in [0.25, 0.3) is 0 Å². The molecule has 0 saturated carbocycles. The van der Waals surface area contributed by atoms with Gasteiger partial charge in [-0.3, -0.25) is 0 Å². The van der Waals surface area contributed by atoms with E-state index < -0.39 is 59.4 Å². The fraction of sp³-hybridized carbons (Fsp3) is 0.343. The van der Waals surface area contributed by atoms with Crippen LogP contribution in [0.2, 0.25) is 0 Å². The molecule has 0 spiro atoms. The highest BCUT2D eigenvalue weighted by Crippen LogP contribution is 2.47. The Bertz CT molecular complexity index is 1570. The van der Waals surface area contributed by atoms with Crippen LogP contribution in [0.4, 0.5) is 32.0 Å². The number of pyridine rings is 1. The van der Waals surface area contributed by atoms with E-state index in [1.54, 1.807) is 42.5 Å². The topological polar surface area (TPSA) is 53.1 Å². The lowest BCUT2D eigenvalue weighted by molar-refractivity contribution is -0.146. The number of halogens is 6. The lowest BCUT2D eigenvalue weighted by Crippen LogP contribution is -2.38. The van der Waals surface area contributed by atoms with Crippen LogP contribution < -0.4 is 4.90 Å². The monoisotopic (exact) mass is 660 g/mol.